The van der Waals surface area contributed by atoms with Crippen LogP contribution in [0.1, 0.15) is 6.42 Å². The monoisotopic (exact) mass is 292 g/mol. The predicted molar refractivity (Wildman–Crippen MR) is 72.0 cm³/mol. The molecule has 1 fully saturated rings. The lowest BCUT2D eigenvalue weighted by Gasteiger charge is -2.19. The van der Waals surface area contributed by atoms with E-state index < -0.39 is 0 Å². The van der Waals surface area contributed by atoms with Gasteiger partial charge in [0.15, 0.2) is 0 Å². The highest BCUT2D eigenvalue weighted by molar-refractivity contribution is 9.10. The molecular formula is C12H13BrN4. The van der Waals surface area contributed by atoms with Gasteiger partial charge in [-0.25, -0.2) is 0 Å². The van der Waals surface area contributed by atoms with Crippen molar-refractivity contribution >= 4 is 32.7 Å². The van der Waals surface area contributed by atoms with E-state index in [4.69, 9.17) is 5.73 Å². The van der Waals surface area contributed by atoms with Crippen LogP contribution in [-0.2, 0) is 0 Å². The van der Waals surface area contributed by atoms with Crippen LogP contribution in [0.2, 0.25) is 0 Å². The molecule has 1 saturated heterocycles. The van der Waals surface area contributed by atoms with E-state index >= 15 is 0 Å². The van der Waals surface area contributed by atoms with Crippen LogP contribution in [0.3, 0.4) is 0 Å². The molecule has 5 heteroatoms. The highest BCUT2D eigenvalue weighted by atomic mass is 79.9. The number of aromatic nitrogens is 2. The minimum Gasteiger partial charge on any atom is -0.368 e. The molecule has 0 amide bonds. The Hall–Kier alpha value is -1.20. The van der Waals surface area contributed by atoms with E-state index in [9.17, 15) is 0 Å². The van der Waals surface area contributed by atoms with Crippen molar-refractivity contribution in [2.75, 3.05) is 18.0 Å². The molecule has 1 unspecified atom stereocenters. The van der Waals surface area contributed by atoms with Crippen molar-refractivity contribution in [1.29, 1.82) is 0 Å². The summed E-state index contributed by atoms with van der Waals surface area (Å²) in [7, 11) is 0. The van der Waals surface area contributed by atoms with Crippen molar-refractivity contribution in [2.24, 2.45) is 5.73 Å². The number of hydrogen-bond donors (Lipinski definition) is 1. The fourth-order valence-electron chi connectivity index (χ4n) is 2.25. The molecule has 0 spiro atoms. The minimum atomic E-state index is 0.272. The first-order chi connectivity index (χ1) is 8.24. The Balaban J connectivity index is 2.10. The third-order valence-electron chi connectivity index (χ3n) is 3.09. The zero-order chi connectivity index (χ0) is 11.8. The van der Waals surface area contributed by atoms with Crippen molar-refractivity contribution in [3.05, 3.63) is 29.0 Å². The van der Waals surface area contributed by atoms with Crippen LogP contribution in [0.5, 0.6) is 0 Å². The van der Waals surface area contributed by atoms with Gasteiger partial charge in [-0.2, -0.15) is 0 Å². The van der Waals surface area contributed by atoms with Gasteiger partial charge in [0.1, 0.15) is 5.52 Å². The van der Waals surface area contributed by atoms with Crippen molar-refractivity contribution in [2.45, 2.75) is 12.5 Å². The average Bonchev–Trinajstić information content (AvgIpc) is 2.74. The first kappa shape index (κ1) is 10.9. The molecular weight excluding hydrogens is 280 g/mol. The molecule has 2 aromatic heterocycles. The average molecular weight is 293 g/mol. The van der Waals surface area contributed by atoms with Gasteiger partial charge >= 0.3 is 0 Å². The number of nitrogens with zero attached hydrogens (tertiary/aromatic N) is 3. The number of pyridine rings is 2. The Labute approximate surface area is 108 Å². The van der Waals surface area contributed by atoms with Gasteiger partial charge in [0.2, 0.25) is 0 Å². The smallest absolute Gasteiger partial charge is 0.112 e. The van der Waals surface area contributed by atoms with Crippen molar-refractivity contribution in [1.82, 2.24) is 9.97 Å². The van der Waals surface area contributed by atoms with Crippen LogP contribution in [0, 0.1) is 0 Å². The van der Waals surface area contributed by atoms with Gasteiger partial charge in [-0.3, -0.25) is 9.97 Å². The number of halogens is 1. The SMILES string of the molecule is NC1CCN(c2ccnc3cc(Br)cnc23)C1. The maximum atomic E-state index is 5.95. The molecule has 0 aliphatic carbocycles. The van der Waals surface area contributed by atoms with E-state index in [-0.39, 0.29) is 6.04 Å². The summed E-state index contributed by atoms with van der Waals surface area (Å²) < 4.78 is 0.952. The van der Waals surface area contributed by atoms with Gasteiger partial charge in [0.05, 0.1) is 11.2 Å². The first-order valence-electron chi connectivity index (χ1n) is 5.65. The molecule has 0 bridgehead atoms. The van der Waals surface area contributed by atoms with Crippen molar-refractivity contribution in [3.8, 4) is 0 Å². The quantitative estimate of drug-likeness (QED) is 0.873. The standard InChI is InChI=1S/C12H13BrN4/c13-8-5-10-12(16-6-8)11(1-3-15-10)17-4-2-9(14)7-17/h1,3,5-6,9H,2,4,7,14H2. The Bertz CT molecular complexity index is 557. The molecule has 2 aromatic rings. The van der Waals surface area contributed by atoms with Crippen molar-refractivity contribution < 1.29 is 0 Å². The molecule has 3 rings (SSSR count). The van der Waals surface area contributed by atoms with Gasteiger partial charge < -0.3 is 10.6 Å². The summed E-state index contributed by atoms with van der Waals surface area (Å²) in [5.41, 5.74) is 8.94. The fourth-order valence-corrected chi connectivity index (χ4v) is 2.57. The molecule has 88 valence electrons. The first-order valence-corrected chi connectivity index (χ1v) is 6.44. The van der Waals surface area contributed by atoms with Crippen LogP contribution < -0.4 is 10.6 Å². The molecule has 17 heavy (non-hydrogen) atoms. The Morgan fingerprint density at radius 1 is 1.41 bits per heavy atom. The number of rotatable bonds is 1. The Morgan fingerprint density at radius 2 is 2.29 bits per heavy atom. The highest BCUT2D eigenvalue weighted by Crippen LogP contribution is 2.27. The van der Waals surface area contributed by atoms with Crippen LogP contribution in [0.15, 0.2) is 29.0 Å². The van der Waals surface area contributed by atoms with Crippen LogP contribution >= 0.6 is 15.9 Å². The normalized spacial score (nSPS) is 20.1. The van der Waals surface area contributed by atoms with Gasteiger partial charge in [-0.1, -0.05) is 0 Å². The Kier molecular flexibility index (Phi) is 2.72. The summed E-state index contributed by atoms with van der Waals surface area (Å²) in [5, 5.41) is 0. The number of fused-ring (bicyclic) bond motifs is 1. The van der Waals surface area contributed by atoms with E-state index in [1.165, 1.54) is 0 Å². The second kappa shape index (κ2) is 4.23. The highest BCUT2D eigenvalue weighted by Gasteiger charge is 2.21. The number of anilines is 1. The van der Waals surface area contributed by atoms with E-state index in [0.29, 0.717) is 0 Å². The maximum Gasteiger partial charge on any atom is 0.112 e. The third-order valence-corrected chi connectivity index (χ3v) is 3.52. The molecule has 1 aliphatic heterocycles. The summed E-state index contributed by atoms with van der Waals surface area (Å²) in [6.07, 6.45) is 4.68. The lowest BCUT2D eigenvalue weighted by Crippen LogP contribution is -2.26. The lowest BCUT2D eigenvalue weighted by atomic mass is 10.2. The number of nitrogens with two attached hydrogens (primary N) is 1. The summed E-state index contributed by atoms with van der Waals surface area (Å²) in [6, 6.07) is 4.27. The Morgan fingerprint density at radius 3 is 3.06 bits per heavy atom. The molecule has 0 aromatic carbocycles. The summed E-state index contributed by atoms with van der Waals surface area (Å²) in [6.45, 7) is 1.90. The fraction of sp³-hybridized carbons (Fsp3) is 0.333. The molecule has 4 nitrogen and oxygen atoms in total. The zero-order valence-corrected chi connectivity index (χ0v) is 10.9. The predicted octanol–water partition coefficient (Wildman–Crippen LogP) is 1.93. The van der Waals surface area contributed by atoms with E-state index in [1.807, 2.05) is 24.5 Å². The van der Waals surface area contributed by atoms with Gasteiger partial charge in [0.25, 0.3) is 0 Å². The molecule has 0 radical (unpaired) electrons. The van der Waals surface area contributed by atoms with E-state index in [0.717, 1.165) is 40.7 Å². The molecule has 1 atom stereocenters. The third kappa shape index (κ3) is 2.00. The zero-order valence-electron chi connectivity index (χ0n) is 9.31. The van der Waals surface area contributed by atoms with Crippen molar-refractivity contribution in [3.63, 3.8) is 0 Å². The molecule has 2 N–H and O–H groups in total. The van der Waals surface area contributed by atoms with Crippen LogP contribution in [0.25, 0.3) is 11.0 Å². The summed E-state index contributed by atoms with van der Waals surface area (Å²) >= 11 is 3.41. The largest absolute Gasteiger partial charge is 0.368 e. The van der Waals surface area contributed by atoms with Crippen LogP contribution in [0.4, 0.5) is 5.69 Å². The molecule has 0 saturated carbocycles. The van der Waals surface area contributed by atoms with Gasteiger partial charge in [-0.05, 0) is 34.5 Å². The van der Waals surface area contributed by atoms with Gasteiger partial charge in [-0.15, -0.1) is 0 Å². The lowest BCUT2D eigenvalue weighted by molar-refractivity contribution is 0.752. The van der Waals surface area contributed by atoms with Gasteiger partial charge in [0, 0.05) is 36.0 Å². The molecule has 1 aliphatic rings. The second-order valence-electron chi connectivity index (χ2n) is 4.35. The topological polar surface area (TPSA) is 55.0 Å². The second-order valence-corrected chi connectivity index (χ2v) is 5.26. The minimum absolute atomic E-state index is 0.272. The number of hydrogen-bond acceptors (Lipinski definition) is 4. The summed E-state index contributed by atoms with van der Waals surface area (Å²) in [4.78, 5) is 11.1. The van der Waals surface area contributed by atoms with E-state index in [1.54, 1.807) is 0 Å². The van der Waals surface area contributed by atoms with Crippen LogP contribution in [-0.4, -0.2) is 29.1 Å². The summed E-state index contributed by atoms with van der Waals surface area (Å²) in [5.74, 6) is 0. The molecule has 3 heterocycles. The maximum absolute atomic E-state index is 5.95. The van der Waals surface area contributed by atoms with E-state index in [2.05, 4.69) is 30.8 Å².